The van der Waals surface area contributed by atoms with E-state index in [-0.39, 0.29) is 5.11 Å². The summed E-state index contributed by atoms with van der Waals surface area (Å²) in [4.78, 5) is 0. The first-order valence-electron chi connectivity index (χ1n) is 6.09. The Morgan fingerprint density at radius 3 is 2.19 bits per heavy atom. The van der Waals surface area contributed by atoms with Gasteiger partial charge >= 0.3 is 0 Å². The van der Waals surface area contributed by atoms with Crippen LogP contribution in [0.25, 0.3) is 6.08 Å². The number of rotatable bonds is 6. The number of thiocarbonyl (C=S) groups is 1. The van der Waals surface area contributed by atoms with Crippen molar-refractivity contribution in [3.8, 4) is 17.2 Å². The summed E-state index contributed by atoms with van der Waals surface area (Å²) in [5.74, 6) is 1.73. The van der Waals surface area contributed by atoms with Crippen LogP contribution in [0.4, 0.5) is 0 Å². The molecule has 0 amide bonds. The Kier molecular flexibility index (Phi) is 6.48. The molecule has 6 nitrogen and oxygen atoms in total. The Bertz CT molecular complexity index is 546. The van der Waals surface area contributed by atoms with Crippen LogP contribution in [0.3, 0.4) is 0 Å². The van der Waals surface area contributed by atoms with Crippen molar-refractivity contribution in [3.63, 3.8) is 0 Å². The Morgan fingerprint density at radius 2 is 1.76 bits per heavy atom. The summed E-state index contributed by atoms with van der Waals surface area (Å²) in [5.41, 5.74) is 9.42. The zero-order valence-electron chi connectivity index (χ0n) is 12.5. The van der Waals surface area contributed by atoms with Gasteiger partial charge in [0.25, 0.3) is 0 Å². The lowest BCUT2D eigenvalue weighted by molar-refractivity contribution is 0.324. The van der Waals surface area contributed by atoms with Gasteiger partial charge < -0.3 is 19.9 Å². The number of nitrogens with two attached hydrogens (primary N) is 1. The maximum Gasteiger partial charge on any atom is 0.203 e. The third-order valence-corrected chi connectivity index (χ3v) is 2.64. The van der Waals surface area contributed by atoms with Crippen LogP contribution in [0.5, 0.6) is 17.2 Å². The normalized spacial score (nSPS) is 11.3. The number of hydrogen-bond acceptors (Lipinski definition) is 5. The summed E-state index contributed by atoms with van der Waals surface area (Å²) in [5, 5.41) is 4.10. The molecule has 3 N–H and O–H groups in total. The van der Waals surface area contributed by atoms with Crippen LogP contribution >= 0.6 is 12.2 Å². The van der Waals surface area contributed by atoms with Gasteiger partial charge in [0.2, 0.25) is 5.75 Å². The van der Waals surface area contributed by atoms with Crippen molar-refractivity contribution in [1.82, 2.24) is 5.43 Å². The molecule has 0 radical (unpaired) electrons. The van der Waals surface area contributed by atoms with Crippen molar-refractivity contribution in [3.05, 3.63) is 23.8 Å². The first kappa shape index (κ1) is 16.8. The van der Waals surface area contributed by atoms with Crippen molar-refractivity contribution in [1.29, 1.82) is 0 Å². The van der Waals surface area contributed by atoms with Crippen molar-refractivity contribution in [2.75, 3.05) is 21.3 Å². The minimum absolute atomic E-state index is 0.121. The molecule has 0 aromatic heterocycles. The molecule has 0 atom stereocenters. The van der Waals surface area contributed by atoms with Crippen LogP contribution in [0.15, 0.2) is 23.3 Å². The summed E-state index contributed by atoms with van der Waals surface area (Å²) < 4.78 is 15.8. The monoisotopic (exact) mass is 309 g/mol. The van der Waals surface area contributed by atoms with E-state index in [1.54, 1.807) is 21.3 Å². The smallest absolute Gasteiger partial charge is 0.203 e. The second-order valence-electron chi connectivity index (χ2n) is 4.02. The summed E-state index contributed by atoms with van der Waals surface area (Å²) in [6, 6.07) is 3.68. The second kappa shape index (κ2) is 8.11. The SMILES string of the molecule is COc1cc(C=CC(C)=NNC(N)=S)cc(OC)c1OC. The highest BCUT2D eigenvalue weighted by atomic mass is 32.1. The fourth-order valence-electron chi connectivity index (χ4n) is 1.59. The second-order valence-corrected chi connectivity index (χ2v) is 4.46. The van der Waals surface area contributed by atoms with Crippen molar-refractivity contribution >= 4 is 29.1 Å². The molecule has 0 heterocycles. The first-order valence-corrected chi connectivity index (χ1v) is 6.50. The van der Waals surface area contributed by atoms with Gasteiger partial charge in [-0.15, -0.1) is 0 Å². The molecule has 0 aliphatic carbocycles. The average Bonchev–Trinajstić information content (AvgIpc) is 2.49. The standard InChI is InChI=1S/C14H19N3O3S/c1-9(16-17-14(15)21)5-6-10-7-11(18-2)13(20-4)12(8-10)19-3/h5-8H,1-4H3,(H3,15,17,21). The van der Waals surface area contributed by atoms with E-state index in [0.29, 0.717) is 17.2 Å². The Balaban J connectivity index is 3.03. The van der Waals surface area contributed by atoms with Crippen molar-refractivity contribution in [2.45, 2.75) is 6.92 Å². The lowest BCUT2D eigenvalue weighted by Crippen LogP contribution is -2.24. The van der Waals surface area contributed by atoms with E-state index in [4.69, 9.17) is 19.9 Å². The van der Waals surface area contributed by atoms with Gasteiger partial charge in [-0.25, -0.2) is 0 Å². The lowest BCUT2D eigenvalue weighted by atomic mass is 10.1. The zero-order valence-corrected chi connectivity index (χ0v) is 13.3. The Labute approximate surface area is 129 Å². The molecule has 0 aliphatic heterocycles. The molecule has 0 bridgehead atoms. The number of ether oxygens (including phenoxy) is 3. The van der Waals surface area contributed by atoms with Crippen LogP contribution in [0.1, 0.15) is 12.5 Å². The topological polar surface area (TPSA) is 78.1 Å². The molecule has 0 saturated heterocycles. The molecule has 7 heteroatoms. The highest BCUT2D eigenvalue weighted by molar-refractivity contribution is 7.80. The minimum atomic E-state index is 0.121. The molecule has 21 heavy (non-hydrogen) atoms. The van der Waals surface area contributed by atoms with Gasteiger partial charge in [-0.05, 0) is 42.9 Å². The first-order chi connectivity index (χ1) is 10.0. The molecule has 0 unspecified atom stereocenters. The number of hydrogen-bond donors (Lipinski definition) is 2. The molecule has 0 aliphatic rings. The molecular weight excluding hydrogens is 290 g/mol. The molecule has 114 valence electrons. The summed E-state index contributed by atoms with van der Waals surface area (Å²) in [7, 11) is 4.71. The maximum absolute atomic E-state index is 5.30. The molecule has 1 aromatic rings. The molecule has 0 fully saturated rings. The molecule has 0 spiro atoms. The number of benzene rings is 1. The quantitative estimate of drug-likeness (QED) is 0.475. The Hall–Kier alpha value is -2.28. The van der Waals surface area contributed by atoms with E-state index in [1.165, 1.54) is 0 Å². The fourth-order valence-corrected chi connectivity index (χ4v) is 1.64. The number of nitrogens with zero attached hydrogens (tertiary/aromatic N) is 1. The minimum Gasteiger partial charge on any atom is -0.493 e. The molecule has 1 rings (SSSR count). The van der Waals surface area contributed by atoms with Crippen LogP contribution in [0, 0.1) is 0 Å². The van der Waals surface area contributed by atoms with E-state index in [1.807, 2.05) is 31.2 Å². The van der Waals surface area contributed by atoms with Crippen LogP contribution in [0.2, 0.25) is 0 Å². The highest BCUT2D eigenvalue weighted by Gasteiger charge is 2.11. The predicted octanol–water partition coefficient (Wildman–Crippen LogP) is 1.93. The average molecular weight is 309 g/mol. The summed E-state index contributed by atoms with van der Waals surface area (Å²) >= 11 is 4.67. The summed E-state index contributed by atoms with van der Waals surface area (Å²) in [6.07, 6.45) is 3.68. The molecular formula is C14H19N3O3S. The van der Waals surface area contributed by atoms with E-state index in [0.717, 1.165) is 11.3 Å². The van der Waals surface area contributed by atoms with Gasteiger partial charge in [0.1, 0.15) is 0 Å². The van der Waals surface area contributed by atoms with Gasteiger partial charge in [0, 0.05) is 0 Å². The van der Waals surface area contributed by atoms with E-state index < -0.39 is 0 Å². The van der Waals surface area contributed by atoms with Crippen LogP contribution in [-0.2, 0) is 0 Å². The van der Waals surface area contributed by atoms with Crippen LogP contribution < -0.4 is 25.4 Å². The number of nitrogens with one attached hydrogen (secondary N) is 1. The highest BCUT2D eigenvalue weighted by Crippen LogP contribution is 2.38. The number of hydrazone groups is 1. The maximum atomic E-state index is 5.30. The van der Waals surface area contributed by atoms with E-state index in [2.05, 4.69) is 22.7 Å². The largest absolute Gasteiger partial charge is 0.493 e. The van der Waals surface area contributed by atoms with Gasteiger partial charge in [-0.2, -0.15) is 5.10 Å². The van der Waals surface area contributed by atoms with Gasteiger partial charge in [0.05, 0.1) is 27.0 Å². The molecule has 0 saturated carbocycles. The fraction of sp³-hybridized carbons (Fsp3) is 0.286. The van der Waals surface area contributed by atoms with E-state index in [9.17, 15) is 0 Å². The van der Waals surface area contributed by atoms with Gasteiger partial charge in [-0.3, -0.25) is 5.43 Å². The third kappa shape index (κ3) is 4.96. The van der Waals surface area contributed by atoms with Crippen molar-refractivity contribution < 1.29 is 14.2 Å². The third-order valence-electron chi connectivity index (χ3n) is 2.55. The Morgan fingerprint density at radius 1 is 1.19 bits per heavy atom. The molecule has 1 aromatic carbocycles. The van der Waals surface area contributed by atoms with E-state index >= 15 is 0 Å². The number of methoxy groups -OCH3 is 3. The zero-order chi connectivity index (χ0) is 15.8. The van der Waals surface area contributed by atoms with Crippen LogP contribution in [-0.4, -0.2) is 32.2 Å². The number of allylic oxidation sites excluding steroid dienone is 1. The summed E-state index contributed by atoms with van der Waals surface area (Å²) in [6.45, 7) is 1.82. The predicted molar refractivity (Wildman–Crippen MR) is 88.2 cm³/mol. The van der Waals surface area contributed by atoms with Gasteiger partial charge in [0.15, 0.2) is 16.6 Å². The van der Waals surface area contributed by atoms with Crippen molar-refractivity contribution in [2.24, 2.45) is 10.8 Å². The van der Waals surface area contributed by atoms with Gasteiger partial charge in [-0.1, -0.05) is 6.08 Å². The lowest BCUT2D eigenvalue weighted by Gasteiger charge is -2.12.